The van der Waals surface area contributed by atoms with Gasteiger partial charge in [0.25, 0.3) is 0 Å². The van der Waals surface area contributed by atoms with E-state index in [1.165, 1.54) is 8.61 Å². The molecule has 0 N–H and O–H groups in total. The van der Waals surface area contributed by atoms with E-state index in [9.17, 15) is 16.8 Å². The van der Waals surface area contributed by atoms with Gasteiger partial charge >= 0.3 is 0 Å². The molecule has 0 aliphatic carbocycles. The Balaban J connectivity index is 1.25. The number of hydrogen-bond acceptors (Lipinski definition) is 6. The van der Waals surface area contributed by atoms with Gasteiger partial charge in [0.05, 0.1) is 21.2 Å². The lowest BCUT2D eigenvalue weighted by molar-refractivity contribution is 0.476. The van der Waals surface area contributed by atoms with E-state index < -0.39 is 20.0 Å². The minimum atomic E-state index is -3.49. The van der Waals surface area contributed by atoms with Crippen LogP contribution in [0.2, 0.25) is 0 Å². The molecule has 198 valence electrons. The molecule has 0 saturated carbocycles. The number of hydrogen-bond donors (Lipinski definition) is 0. The zero-order valence-electron chi connectivity index (χ0n) is 21.0. The van der Waals surface area contributed by atoms with Gasteiger partial charge in [0.2, 0.25) is 20.0 Å². The van der Waals surface area contributed by atoms with Crippen molar-refractivity contribution in [3.8, 4) is 0 Å². The van der Waals surface area contributed by atoms with Gasteiger partial charge in [0.15, 0.2) is 0 Å². The highest BCUT2D eigenvalue weighted by Gasteiger charge is 2.28. The van der Waals surface area contributed by atoms with Crippen LogP contribution in [0.1, 0.15) is 36.8 Å². The van der Waals surface area contributed by atoms with E-state index >= 15 is 0 Å². The maximum atomic E-state index is 12.8. The summed E-state index contributed by atoms with van der Waals surface area (Å²) in [6.45, 7) is 2.26. The zero-order valence-corrected chi connectivity index (χ0v) is 22.6. The summed E-state index contributed by atoms with van der Waals surface area (Å²) in [4.78, 5) is 9.45. The molecular weight excluding hydrogens is 520 g/mol. The van der Waals surface area contributed by atoms with Gasteiger partial charge in [-0.1, -0.05) is 36.4 Å². The molecule has 0 radical (unpaired) electrons. The van der Waals surface area contributed by atoms with Gasteiger partial charge in [0, 0.05) is 38.6 Å². The second-order valence-electron chi connectivity index (χ2n) is 9.40. The summed E-state index contributed by atoms with van der Waals surface area (Å²) in [6.07, 6.45) is 6.95. The maximum Gasteiger partial charge on any atom is 0.243 e. The van der Waals surface area contributed by atoms with Crippen LogP contribution in [0.5, 0.6) is 0 Å². The first-order chi connectivity index (χ1) is 18.3. The van der Waals surface area contributed by atoms with Crippen molar-refractivity contribution in [1.29, 1.82) is 0 Å². The highest BCUT2D eigenvalue weighted by atomic mass is 32.2. The summed E-state index contributed by atoms with van der Waals surface area (Å²) in [6, 6.07) is 21.0. The molecule has 0 aromatic heterocycles. The van der Waals surface area contributed by atoms with Crippen LogP contribution in [0.25, 0.3) is 0 Å². The fourth-order valence-electron chi connectivity index (χ4n) is 4.57. The van der Waals surface area contributed by atoms with Gasteiger partial charge in [-0.25, -0.2) is 16.8 Å². The van der Waals surface area contributed by atoms with E-state index in [-0.39, 0.29) is 9.79 Å². The SMILES string of the molecule is O=S(=O)(c1cccc(N=Cc2ccc(C=Nc3cccc(S(=O)(=O)N4CCCC4)c3)cc2)c1)N1CCCC1. The fourth-order valence-corrected chi connectivity index (χ4v) is 7.68. The third-order valence-corrected chi connectivity index (χ3v) is 10.5. The highest BCUT2D eigenvalue weighted by molar-refractivity contribution is 7.89. The Hall–Kier alpha value is -3.18. The van der Waals surface area contributed by atoms with E-state index in [0.717, 1.165) is 36.8 Å². The quantitative estimate of drug-likeness (QED) is 0.378. The minimum absolute atomic E-state index is 0.262. The van der Waals surface area contributed by atoms with Crippen molar-refractivity contribution in [2.45, 2.75) is 35.5 Å². The van der Waals surface area contributed by atoms with Gasteiger partial charge in [-0.3, -0.25) is 9.98 Å². The zero-order chi connectivity index (χ0) is 26.6. The molecule has 38 heavy (non-hydrogen) atoms. The molecule has 2 aliphatic heterocycles. The van der Waals surface area contributed by atoms with Crippen molar-refractivity contribution in [2.24, 2.45) is 9.98 Å². The first-order valence-corrected chi connectivity index (χ1v) is 15.6. The number of rotatable bonds is 8. The van der Waals surface area contributed by atoms with E-state index in [1.54, 1.807) is 61.0 Å². The lowest BCUT2D eigenvalue weighted by Crippen LogP contribution is -2.27. The molecule has 3 aromatic carbocycles. The van der Waals surface area contributed by atoms with Crippen LogP contribution >= 0.6 is 0 Å². The molecule has 2 saturated heterocycles. The number of aliphatic imine (C=N–C) groups is 2. The van der Waals surface area contributed by atoms with Crippen LogP contribution in [0.4, 0.5) is 11.4 Å². The Bertz CT molecular complexity index is 1440. The Morgan fingerprint density at radius 2 is 0.921 bits per heavy atom. The van der Waals surface area contributed by atoms with Gasteiger partial charge < -0.3 is 0 Å². The molecular formula is C28H30N4O4S2. The van der Waals surface area contributed by atoms with Crippen LogP contribution in [-0.4, -0.2) is 64.1 Å². The maximum absolute atomic E-state index is 12.8. The van der Waals surface area contributed by atoms with E-state index in [1.807, 2.05) is 24.3 Å². The van der Waals surface area contributed by atoms with Crippen LogP contribution in [0.15, 0.2) is 92.6 Å². The lowest BCUT2D eigenvalue weighted by Gasteiger charge is -2.15. The van der Waals surface area contributed by atoms with Crippen molar-refractivity contribution in [3.63, 3.8) is 0 Å². The van der Waals surface area contributed by atoms with Gasteiger partial charge in [0.1, 0.15) is 0 Å². The number of nitrogens with zero attached hydrogens (tertiary/aromatic N) is 4. The molecule has 2 heterocycles. The Kier molecular flexibility index (Phi) is 7.85. The predicted octanol–water partition coefficient (Wildman–Crippen LogP) is 4.76. The van der Waals surface area contributed by atoms with Crippen molar-refractivity contribution in [3.05, 3.63) is 83.9 Å². The van der Waals surface area contributed by atoms with E-state index in [0.29, 0.717) is 37.6 Å². The fraction of sp³-hybridized carbons (Fsp3) is 0.286. The van der Waals surface area contributed by atoms with E-state index in [4.69, 9.17) is 0 Å². The first kappa shape index (κ1) is 26.4. The smallest absolute Gasteiger partial charge is 0.243 e. The Morgan fingerprint density at radius 3 is 1.29 bits per heavy atom. The molecule has 0 spiro atoms. The largest absolute Gasteiger partial charge is 0.256 e. The third kappa shape index (κ3) is 5.94. The summed E-state index contributed by atoms with van der Waals surface area (Å²) < 4.78 is 54.3. The van der Waals surface area contributed by atoms with E-state index in [2.05, 4.69) is 9.98 Å². The molecule has 0 bridgehead atoms. The second kappa shape index (κ2) is 11.3. The highest BCUT2D eigenvalue weighted by Crippen LogP contribution is 2.25. The summed E-state index contributed by atoms with van der Waals surface area (Å²) >= 11 is 0. The van der Waals surface area contributed by atoms with Crippen LogP contribution in [-0.2, 0) is 20.0 Å². The average Bonchev–Trinajstić information content (AvgIpc) is 3.68. The van der Waals surface area contributed by atoms with Gasteiger partial charge in [-0.15, -0.1) is 0 Å². The molecule has 3 aromatic rings. The summed E-state index contributed by atoms with van der Waals surface area (Å²) in [5.74, 6) is 0. The topological polar surface area (TPSA) is 99.5 Å². The number of sulfonamides is 2. The predicted molar refractivity (Wildman–Crippen MR) is 150 cm³/mol. The normalized spacial score (nSPS) is 17.7. The minimum Gasteiger partial charge on any atom is -0.256 e. The third-order valence-electron chi connectivity index (χ3n) is 6.70. The standard InChI is InChI=1S/C28H30N4O4S2/c33-37(34,31-15-1-2-16-31)27-9-5-7-25(19-27)29-21-23-11-13-24(14-12-23)22-30-26-8-6-10-28(20-26)38(35,36)32-17-3-4-18-32/h5-14,19-22H,1-4,15-18H2. The van der Waals surface area contributed by atoms with Crippen molar-refractivity contribution < 1.29 is 16.8 Å². The van der Waals surface area contributed by atoms with Crippen LogP contribution in [0, 0.1) is 0 Å². The molecule has 0 atom stereocenters. The Morgan fingerprint density at radius 1 is 0.553 bits per heavy atom. The summed E-state index contributed by atoms with van der Waals surface area (Å²) in [5.41, 5.74) is 2.85. The molecule has 5 rings (SSSR count). The van der Waals surface area contributed by atoms with Crippen molar-refractivity contribution in [2.75, 3.05) is 26.2 Å². The second-order valence-corrected chi connectivity index (χ2v) is 13.3. The number of benzene rings is 3. The monoisotopic (exact) mass is 550 g/mol. The molecule has 0 amide bonds. The van der Waals surface area contributed by atoms with Gasteiger partial charge in [-0.05, 0) is 73.2 Å². The van der Waals surface area contributed by atoms with Crippen molar-refractivity contribution in [1.82, 2.24) is 8.61 Å². The Labute approximate surface area is 224 Å². The van der Waals surface area contributed by atoms with Crippen LogP contribution in [0.3, 0.4) is 0 Å². The van der Waals surface area contributed by atoms with Gasteiger partial charge in [-0.2, -0.15) is 8.61 Å². The molecule has 0 unspecified atom stereocenters. The lowest BCUT2D eigenvalue weighted by atomic mass is 10.1. The molecule has 2 fully saturated rings. The summed E-state index contributed by atoms with van der Waals surface area (Å²) in [7, 11) is -6.97. The van der Waals surface area contributed by atoms with Crippen molar-refractivity contribution >= 4 is 43.9 Å². The molecule has 2 aliphatic rings. The average molecular weight is 551 g/mol. The molecule has 8 nitrogen and oxygen atoms in total. The summed E-state index contributed by atoms with van der Waals surface area (Å²) in [5, 5.41) is 0. The molecule has 10 heteroatoms. The van der Waals surface area contributed by atoms with Crippen LogP contribution < -0.4 is 0 Å². The first-order valence-electron chi connectivity index (χ1n) is 12.7.